The molecule has 0 atom stereocenters. The van der Waals surface area contributed by atoms with Crippen LogP contribution < -0.4 is 10.5 Å². The topological polar surface area (TPSA) is 99.2 Å². The zero-order valence-corrected chi connectivity index (χ0v) is 11.2. The Morgan fingerprint density at radius 1 is 1.40 bits per heavy atom. The van der Waals surface area contributed by atoms with E-state index in [9.17, 15) is 4.79 Å². The molecule has 2 aromatic heterocycles. The van der Waals surface area contributed by atoms with E-state index in [1.54, 1.807) is 4.57 Å². The van der Waals surface area contributed by atoms with E-state index in [0.717, 1.165) is 25.9 Å². The molecule has 0 unspecified atom stereocenters. The van der Waals surface area contributed by atoms with Crippen LogP contribution in [0.2, 0.25) is 0 Å². The number of hydrogen-bond donors (Lipinski definition) is 1. The fraction of sp³-hybridized carbons (Fsp3) is 0.500. The summed E-state index contributed by atoms with van der Waals surface area (Å²) in [6.07, 6.45) is 3.49. The van der Waals surface area contributed by atoms with Crippen LogP contribution in [0.4, 0.5) is 5.95 Å². The third-order valence-corrected chi connectivity index (χ3v) is 3.47. The van der Waals surface area contributed by atoms with Gasteiger partial charge in [0.2, 0.25) is 17.7 Å². The van der Waals surface area contributed by atoms with Gasteiger partial charge in [-0.2, -0.15) is 4.98 Å². The Morgan fingerprint density at radius 3 is 2.85 bits per heavy atom. The summed E-state index contributed by atoms with van der Waals surface area (Å²) >= 11 is 0. The molecule has 1 fully saturated rings. The van der Waals surface area contributed by atoms with Crippen molar-refractivity contribution in [3.63, 3.8) is 0 Å². The lowest BCUT2D eigenvalue weighted by Gasteiger charge is -2.15. The SMILES string of the molecule is COc1ncnc2c1nc(N)n2CC(=O)N1CCCC1. The normalized spacial score (nSPS) is 14.9. The van der Waals surface area contributed by atoms with E-state index in [2.05, 4.69) is 15.0 Å². The predicted molar refractivity (Wildman–Crippen MR) is 72.1 cm³/mol. The Kier molecular flexibility index (Phi) is 3.13. The summed E-state index contributed by atoms with van der Waals surface area (Å²) in [6.45, 7) is 1.76. The van der Waals surface area contributed by atoms with Crippen molar-refractivity contribution in [3.05, 3.63) is 6.33 Å². The molecule has 0 radical (unpaired) electrons. The summed E-state index contributed by atoms with van der Waals surface area (Å²) in [5, 5.41) is 0. The maximum absolute atomic E-state index is 12.2. The van der Waals surface area contributed by atoms with Crippen LogP contribution in [-0.4, -0.2) is 50.5 Å². The second-order valence-electron chi connectivity index (χ2n) is 4.70. The first-order valence-corrected chi connectivity index (χ1v) is 6.49. The van der Waals surface area contributed by atoms with Crippen molar-refractivity contribution in [3.8, 4) is 5.88 Å². The standard InChI is InChI=1S/C12H16N6O2/c1-20-11-9-10(14-7-15-11)18(12(13)16-9)6-8(19)17-4-2-3-5-17/h7H,2-6H2,1H3,(H2,13,16). The smallest absolute Gasteiger partial charge is 0.245 e. The monoisotopic (exact) mass is 276 g/mol. The minimum atomic E-state index is 0.0334. The van der Waals surface area contributed by atoms with Crippen molar-refractivity contribution < 1.29 is 9.53 Å². The highest BCUT2D eigenvalue weighted by molar-refractivity contribution is 5.83. The molecule has 0 aromatic carbocycles. The Bertz CT molecular complexity index is 647. The van der Waals surface area contributed by atoms with Crippen LogP contribution in [0.15, 0.2) is 6.33 Å². The summed E-state index contributed by atoms with van der Waals surface area (Å²) in [6, 6.07) is 0. The highest BCUT2D eigenvalue weighted by Gasteiger charge is 2.21. The van der Waals surface area contributed by atoms with Gasteiger partial charge < -0.3 is 15.4 Å². The van der Waals surface area contributed by atoms with Gasteiger partial charge in [-0.3, -0.25) is 9.36 Å². The van der Waals surface area contributed by atoms with Gasteiger partial charge in [-0.05, 0) is 12.8 Å². The van der Waals surface area contributed by atoms with Crippen LogP contribution in [0.25, 0.3) is 11.2 Å². The number of hydrogen-bond acceptors (Lipinski definition) is 6. The van der Waals surface area contributed by atoms with Crippen LogP contribution in [0.5, 0.6) is 5.88 Å². The maximum Gasteiger partial charge on any atom is 0.245 e. The van der Waals surface area contributed by atoms with Gasteiger partial charge in [-0.15, -0.1) is 0 Å². The molecule has 0 spiro atoms. The average Bonchev–Trinajstić information content (AvgIpc) is 3.07. The predicted octanol–water partition coefficient (Wildman–Crippen LogP) is 0.0395. The summed E-state index contributed by atoms with van der Waals surface area (Å²) in [4.78, 5) is 26.4. The number of imidazole rings is 1. The largest absolute Gasteiger partial charge is 0.479 e. The summed E-state index contributed by atoms with van der Waals surface area (Å²) in [5.74, 6) is 0.631. The molecule has 8 nitrogen and oxygen atoms in total. The number of nitrogens with two attached hydrogens (primary N) is 1. The minimum absolute atomic E-state index is 0.0334. The molecule has 8 heteroatoms. The lowest BCUT2D eigenvalue weighted by molar-refractivity contribution is -0.130. The van der Waals surface area contributed by atoms with E-state index in [1.165, 1.54) is 13.4 Å². The molecule has 2 N–H and O–H groups in total. The van der Waals surface area contributed by atoms with Crippen molar-refractivity contribution in [2.24, 2.45) is 0 Å². The number of likely N-dealkylation sites (tertiary alicyclic amines) is 1. The number of nitrogens with zero attached hydrogens (tertiary/aromatic N) is 5. The van der Waals surface area contributed by atoms with Crippen LogP contribution >= 0.6 is 0 Å². The van der Waals surface area contributed by atoms with E-state index in [1.807, 2.05) is 4.90 Å². The zero-order chi connectivity index (χ0) is 14.1. The molecule has 3 heterocycles. The van der Waals surface area contributed by atoms with Crippen molar-refractivity contribution in [2.45, 2.75) is 19.4 Å². The second kappa shape index (κ2) is 4.95. The Morgan fingerprint density at radius 2 is 2.15 bits per heavy atom. The fourth-order valence-corrected chi connectivity index (χ4v) is 2.44. The molecule has 0 bridgehead atoms. The van der Waals surface area contributed by atoms with Gasteiger partial charge in [0.15, 0.2) is 11.2 Å². The summed E-state index contributed by atoms with van der Waals surface area (Å²) in [7, 11) is 1.51. The lowest BCUT2D eigenvalue weighted by Crippen LogP contribution is -2.31. The zero-order valence-electron chi connectivity index (χ0n) is 11.2. The van der Waals surface area contributed by atoms with E-state index in [4.69, 9.17) is 10.5 Å². The number of carbonyl (C=O) groups excluding carboxylic acids is 1. The Balaban J connectivity index is 1.94. The molecule has 3 rings (SSSR count). The molecule has 0 saturated carbocycles. The van der Waals surface area contributed by atoms with Gasteiger partial charge in [-0.1, -0.05) is 0 Å². The van der Waals surface area contributed by atoms with E-state index >= 15 is 0 Å². The molecule has 2 aromatic rings. The van der Waals surface area contributed by atoms with Crippen LogP contribution in [0.3, 0.4) is 0 Å². The highest BCUT2D eigenvalue weighted by Crippen LogP contribution is 2.23. The van der Waals surface area contributed by atoms with Gasteiger partial charge in [0.25, 0.3) is 0 Å². The highest BCUT2D eigenvalue weighted by atomic mass is 16.5. The van der Waals surface area contributed by atoms with Gasteiger partial charge in [-0.25, -0.2) is 9.97 Å². The molecular weight excluding hydrogens is 260 g/mol. The Hall–Kier alpha value is -2.38. The van der Waals surface area contributed by atoms with E-state index < -0.39 is 0 Å². The molecule has 1 amide bonds. The molecule has 1 aliphatic rings. The van der Waals surface area contributed by atoms with Crippen molar-refractivity contribution in [1.82, 2.24) is 24.4 Å². The number of aromatic nitrogens is 4. The fourth-order valence-electron chi connectivity index (χ4n) is 2.44. The quantitative estimate of drug-likeness (QED) is 0.849. The molecule has 0 aliphatic carbocycles. The first kappa shape index (κ1) is 12.6. The first-order chi connectivity index (χ1) is 9.70. The molecule has 1 saturated heterocycles. The molecule has 1 aliphatic heterocycles. The number of rotatable bonds is 3. The summed E-state index contributed by atoms with van der Waals surface area (Å²) < 4.78 is 6.72. The van der Waals surface area contributed by atoms with Gasteiger partial charge in [0.1, 0.15) is 12.9 Å². The number of anilines is 1. The van der Waals surface area contributed by atoms with Gasteiger partial charge >= 0.3 is 0 Å². The second-order valence-corrected chi connectivity index (χ2v) is 4.70. The minimum Gasteiger partial charge on any atom is -0.479 e. The number of ether oxygens (including phenoxy) is 1. The summed E-state index contributed by atoms with van der Waals surface area (Å²) in [5.41, 5.74) is 6.87. The third kappa shape index (κ3) is 2.02. The first-order valence-electron chi connectivity index (χ1n) is 6.49. The average molecular weight is 276 g/mol. The number of carbonyl (C=O) groups is 1. The lowest BCUT2D eigenvalue weighted by atomic mass is 10.4. The Labute approximate surface area is 115 Å². The number of methoxy groups -OCH3 is 1. The van der Waals surface area contributed by atoms with Crippen molar-refractivity contribution in [2.75, 3.05) is 25.9 Å². The van der Waals surface area contributed by atoms with Crippen LogP contribution in [0.1, 0.15) is 12.8 Å². The van der Waals surface area contributed by atoms with E-state index in [0.29, 0.717) is 17.0 Å². The van der Waals surface area contributed by atoms with Gasteiger partial charge in [0.05, 0.1) is 7.11 Å². The van der Waals surface area contributed by atoms with E-state index in [-0.39, 0.29) is 18.4 Å². The number of fused-ring (bicyclic) bond motifs is 1. The number of amides is 1. The van der Waals surface area contributed by atoms with Crippen LogP contribution in [-0.2, 0) is 11.3 Å². The third-order valence-electron chi connectivity index (χ3n) is 3.47. The molecule has 20 heavy (non-hydrogen) atoms. The molecular formula is C12H16N6O2. The maximum atomic E-state index is 12.2. The number of nitrogen functional groups attached to an aromatic ring is 1. The van der Waals surface area contributed by atoms with Crippen LogP contribution in [0, 0.1) is 0 Å². The van der Waals surface area contributed by atoms with Crippen molar-refractivity contribution >= 4 is 23.0 Å². The van der Waals surface area contributed by atoms with Gasteiger partial charge in [0, 0.05) is 13.1 Å². The molecule has 106 valence electrons. The van der Waals surface area contributed by atoms with Crippen molar-refractivity contribution in [1.29, 1.82) is 0 Å².